The monoisotopic (exact) mass is 427 g/mol. The second-order valence-corrected chi connectivity index (χ2v) is 8.11. The number of hydrogen-bond acceptors (Lipinski definition) is 5. The summed E-state index contributed by atoms with van der Waals surface area (Å²) in [5, 5.41) is 3.85. The van der Waals surface area contributed by atoms with Crippen molar-refractivity contribution < 1.29 is 23.5 Å². The number of amides is 1. The molecule has 1 aromatic heterocycles. The molecule has 0 fully saturated rings. The molecule has 1 unspecified atom stereocenters. The largest absolute Gasteiger partial charge is 0.495 e. The number of nitrogens with one attached hydrogen (secondary N) is 1. The molecule has 2 heterocycles. The van der Waals surface area contributed by atoms with Gasteiger partial charge in [0.25, 0.3) is 5.91 Å². The third-order valence-corrected chi connectivity index (χ3v) is 5.83. The highest BCUT2D eigenvalue weighted by Crippen LogP contribution is 2.41. The van der Waals surface area contributed by atoms with Crippen LogP contribution in [0.4, 0.5) is 5.69 Å². The number of carbonyl (C=O) groups excluding carboxylic acids is 2. The molecule has 7 heteroatoms. The van der Waals surface area contributed by atoms with Crippen molar-refractivity contribution in [2.24, 2.45) is 0 Å². The zero-order chi connectivity index (χ0) is 21.6. The summed E-state index contributed by atoms with van der Waals surface area (Å²) >= 11 is 6.05. The van der Waals surface area contributed by atoms with Crippen LogP contribution in [0.3, 0.4) is 0 Å². The zero-order valence-corrected chi connectivity index (χ0v) is 18.0. The van der Waals surface area contributed by atoms with Crippen LogP contribution in [0, 0.1) is 6.92 Å². The van der Waals surface area contributed by atoms with Gasteiger partial charge in [0.05, 0.1) is 24.8 Å². The van der Waals surface area contributed by atoms with Crippen LogP contribution in [-0.4, -0.2) is 24.4 Å². The van der Waals surface area contributed by atoms with Crippen molar-refractivity contribution in [3.63, 3.8) is 0 Å². The Morgan fingerprint density at radius 3 is 2.77 bits per heavy atom. The maximum absolute atomic E-state index is 13.0. The van der Waals surface area contributed by atoms with Crippen LogP contribution in [0.2, 0.25) is 5.02 Å². The third-order valence-electron chi connectivity index (χ3n) is 5.59. The van der Waals surface area contributed by atoms with Crippen LogP contribution in [0.5, 0.6) is 11.5 Å². The molecule has 3 aromatic rings. The van der Waals surface area contributed by atoms with Crippen molar-refractivity contribution in [3.8, 4) is 11.5 Å². The molecule has 0 spiro atoms. The number of rotatable bonds is 4. The highest BCUT2D eigenvalue weighted by atomic mass is 35.5. The number of ketones is 1. The lowest BCUT2D eigenvalue weighted by Crippen LogP contribution is -2.38. The van der Waals surface area contributed by atoms with E-state index in [9.17, 15) is 9.59 Å². The molecule has 0 radical (unpaired) electrons. The van der Waals surface area contributed by atoms with Crippen LogP contribution in [0.25, 0.3) is 11.0 Å². The lowest BCUT2D eigenvalue weighted by atomic mass is 9.87. The molecule has 0 aliphatic carbocycles. The van der Waals surface area contributed by atoms with E-state index in [1.165, 1.54) is 7.11 Å². The minimum atomic E-state index is -0.529. The van der Waals surface area contributed by atoms with Crippen molar-refractivity contribution >= 4 is 39.9 Å². The normalized spacial score (nSPS) is 18.1. The van der Waals surface area contributed by atoms with Crippen molar-refractivity contribution in [2.75, 3.05) is 12.4 Å². The van der Waals surface area contributed by atoms with Crippen LogP contribution in [-0.2, 0) is 0 Å². The van der Waals surface area contributed by atoms with E-state index in [2.05, 4.69) is 5.32 Å². The van der Waals surface area contributed by atoms with Crippen LogP contribution >= 0.6 is 11.6 Å². The van der Waals surface area contributed by atoms with Gasteiger partial charge in [0.2, 0.25) is 0 Å². The number of anilines is 1. The van der Waals surface area contributed by atoms with Gasteiger partial charge in [-0.3, -0.25) is 9.59 Å². The van der Waals surface area contributed by atoms with E-state index in [0.29, 0.717) is 44.3 Å². The molecule has 156 valence electrons. The molecule has 0 saturated heterocycles. The van der Waals surface area contributed by atoms with E-state index in [0.717, 1.165) is 6.42 Å². The average molecular weight is 428 g/mol. The Labute approximate surface area is 179 Å². The van der Waals surface area contributed by atoms with Gasteiger partial charge in [-0.15, -0.1) is 0 Å². The summed E-state index contributed by atoms with van der Waals surface area (Å²) in [6, 6.07) is 8.39. The number of hydrogen-bond donors (Lipinski definition) is 1. The molecule has 4 rings (SSSR count). The molecule has 6 nitrogen and oxygen atoms in total. The van der Waals surface area contributed by atoms with Crippen LogP contribution in [0.1, 0.15) is 53.2 Å². The topological polar surface area (TPSA) is 77.8 Å². The number of furan rings is 1. The van der Waals surface area contributed by atoms with Gasteiger partial charge in [-0.2, -0.15) is 0 Å². The van der Waals surface area contributed by atoms with Crippen LogP contribution in [0.15, 0.2) is 34.7 Å². The quantitative estimate of drug-likeness (QED) is 0.570. The van der Waals surface area contributed by atoms with Crippen molar-refractivity contribution in [2.45, 2.75) is 39.2 Å². The second kappa shape index (κ2) is 7.36. The van der Waals surface area contributed by atoms with Gasteiger partial charge in [-0.25, -0.2) is 0 Å². The summed E-state index contributed by atoms with van der Waals surface area (Å²) in [5.74, 6) is 0.646. The van der Waals surface area contributed by atoms with Crippen LogP contribution < -0.4 is 14.8 Å². The number of methoxy groups -OCH3 is 1. The summed E-state index contributed by atoms with van der Waals surface area (Å²) in [7, 11) is 1.51. The molecule has 0 saturated carbocycles. The van der Waals surface area contributed by atoms with Crippen molar-refractivity contribution in [1.29, 1.82) is 0 Å². The molecule has 1 atom stereocenters. The highest BCUT2D eigenvalue weighted by Gasteiger charge is 2.37. The SMILES string of the molecule is CCC1(C)CC(=O)c2c(ccc3oc(C(=O)Nc4cc(Cl)ccc4OC)c(C)c23)O1. The minimum absolute atomic E-state index is 0.0152. The Kier molecular flexibility index (Phi) is 4.98. The Morgan fingerprint density at radius 1 is 1.30 bits per heavy atom. The molecule has 1 N–H and O–H groups in total. The Hall–Kier alpha value is -2.99. The molecular formula is C23H22ClNO5. The first-order chi connectivity index (χ1) is 14.3. The van der Waals surface area contributed by atoms with E-state index in [1.54, 1.807) is 37.3 Å². The van der Waals surface area contributed by atoms with Gasteiger partial charge < -0.3 is 19.2 Å². The Bertz CT molecular complexity index is 1180. The fraction of sp³-hybridized carbons (Fsp3) is 0.304. The summed E-state index contributed by atoms with van der Waals surface area (Å²) in [6.07, 6.45) is 0.997. The van der Waals surface area contributed by atoms with Gasteiger partial charge in [-0.05, 0) is 50.6 Å². The molecule has 2 aromatic carbocycles. The lowest BCUT2D eigenvalue weighted by molar-refractivity contribution is 0.0503. The maximum atomic E-state index is 13.0. The number of fused-ring (bicyclic) bond motifs is 3. The fourth-order valence-electron chi connectivity index (χ4n) is 3.78. The van der Waals surface area contributed by atoms with E-state index in [4.69, 9.17) is 25.5 Å². The number of halogens is 1. The van der Waals surface area contributed by atoms with Crippen molar-refractivity contribution in [3.05, 3.63) is 52.2 Å². The predicted molar refractivity (Wildman–Crippen MR) is 115 cm³/mol. The summed E-state index contributed by atoms with van der Waals surface area (Å²) < 4.78 is 17.2. The lowest BCUT2D eigenvalue weighted by Gasteiger charge is -2.34. The van der Waals surface area contributed by atoms with E-state index in [1.807, 2.05) is 13.8 Å². The number of carbonyl (C=O) groups is 2. The van der Waals surface area contributed by atoms with Gasteiger partial charge in [0, 0.05) is 16.0 Å². The van der Waals surface area contributed by atoms with Crippen molar-refractivity contribution in [1.82, 2.24) is 0 Å². The van der Waals surface area contributed by atoms with Gasteiger partial charge in [0.15, 0.2) is 11.5 Å². The minimum Gasteiger partial charge on any atom is -0.495 e. The molecule has 1 aliphatic heterocycles. The summed E-state index contributed by atoms with van der Waals surface area (Å²) in [6.45, 7) is 5.68. The molecule has 1 amide bonds. The van der Waals surface area contributed by atoms with E-state index >= 15 is 0 Å². The number of benzene rings is 2. The molecule has 30 heavy (non-hydrogen) atoms. The maximum Gasteiger partial charge on any atom is 0.291 e. The third kappa shape index (κ3) is 3.31. The smallest absolute Gasteiger partial charge is 0.291 e. The molecule has 0 bridgehead atoms. The van der Waals surface area contributed by atoms with E-state index < -0.39 is 11.5 Å². The van der Waals surface area contributed by atoms with E-state index in [-0.39, 0.29) is 18.0 Å². The summed E-state index contributed by atoms with van der Waals surface area (Å²) in [5.41, 5.74) is 1.41. The first kappa shape index (κ1) is 20.3. The van der Waals surface area contributed by atoms with Gasteiger partial charge in [-0.1, -0.05) is 18.5 Å². The Morgan fingerprint density at radius 2 is 2.07 bits per heavy atom. The van der Waals surface area contributed by atoms with Gasteiger partial charge in [0.1, 0.15) is 22.7 Å². The number of ether oxygens (including phenoxy) is 2. The standard InChI is InChI=1S/C23H22ClNO5/c1-5-23(3)11-15(26)20-18(30-23)9-8-17-19(20)12(2)21(29-17)22(27)25-14-10-13(24)6-7-16(14)28-4/h6-10H,5,11H2,1-4H3,(H,25,27). The number of Topliss-reactive ketones (excluding diaryl/α,β-unsaturated/α-hetero) is 1. The first-order valence-electron chi connectivity index (χ1n) is 9.69. The summed E-state index contributed by atoms with van der Waals surface area (Å²) in [4.78, 5) is 25.9. The molecule has 1 aliphatic rings. The molecular weight excluding hydrogens is 406 g/mol. The highest BCUT2D eigenvalue weighted by molar-refractivity contribution is 6.31. The van der Waals surface area contributed by atoms with Gasteiger partial charge >= 0.3 is 0 Å². The fourth-order valence-corrected chi connectivity index (χ4v) is 3.96. The second-order valence-electron chi connectivity index (χ2n) is 7.67. The average Bonchev–Trinajstić information content (AvgIpc) is 3.04. The first-order valence-corrected chi connectivity index (χ1v) is 10.1. The Balaban J connectivity index is 1.77. The predicted octanol–water partition coefficient (Wildman–Crippen LogP) is 5.79. The zero-order valence-electron chi connectivity index (χ0n) is 17.2. The number of aryl methyl sites for hydroxylation is 1.